The first-order chi connectivity index (χ1) is 16.7. The zero-order chi connectivity index (χ0) is 25.8. The van der Waals surface area contributed by atoms with Crippen molar-refractivity contribution in [2.45, 2.75) is 32.4 Å². The van der Waals surface area contributed by atoms with E-state index in [4.69, 9.17) is 16.2 Å². The van der Waals surface area contributed by atoms with Crippen LogP contribution in [0.3, 0.4) is 0 Å². The topological polar surface area (TPSA) is 145 Å². The van der Waals surface area contributed by atoms with Crippen molar-refractivity contribution >= 4 is 23.5 Å². The van der Waals surface area contributed by atoms with Gasteiger partial charge < -0.3 is 20.9 Å². The van der Waals surface area contributed by atoms with E-state index < -0.39 is 24.1 Å². The Hall–Kier alpha value is -4.01. The Labute approximate surface area is 204 Å². The minimum atomic E-state index is -0.924. The number of nitrogens with one attached hydrogen (secondary N) is 1. The number of nitrogens with two attached hydrogens (primary N) is 2. The van der Waals surface area contributed by atoms with Crippen molar-refractivity contribution < 1.29 is 24.2 Å². The highest BCUT2D eigenvalue weighted by molar-refractivity contribution is 5.97. The summed E-state index contributed by atoms with van der Waals surface area (Å²) in [7, 11) is 0. The highest BCUT2D eigenvalue weighted by Crippen LogP contribution is 2.35. The van der Waals surface area contributed by atoms with Crippen LogP contribution in [-0.2, 0) is 25.5 Å². The number of amides is 1. The normalized spacial score (nSPS) is 11.9. The molecule has 0 aromatic heterocycles. The maximum absolute atomic E-state index is 11.5. The fourth-order valence-corrected chi connectivity index (χ4v) is 3.34. The molecule has 3 rings (SSSR count). The van der Waals surface area contributed by atoms with E-state index in [9.17, 15) is 19.5 Å². The van der Waals surface area contributed by atoms with E-state index in [1.165, 1.54) is 6.92 Å². The second kappa shape index (κ2) is 13.6. The summed E-state index contributed by atoms with van der Waals surface area (Å²) in [5, 5.41) is 12.0. The maximum Gasteiger partial charge on any atom is 0.321 e. The van der Waals surface area contributed by atoms with E-state index in [-0.39, 0.29) is 12.5 Å². The van der Waals surface area contributed by atoms with Crippen LogP contribution < -0.4 is 16.8 Å². The average Bonchev–Trinajstić information content (AvgIpc) is 2.84. The maximum atomic E-state index is 11.5. The van der Waals surface area contributed by atoms with Gasteiger partial charge in [-0.3, -0.25) is 20.1 Å². The number of carbonyl (C=O) groups excluding carboxylic acids is 2. The van der Waals surface area contributed by atoms with Crippen LogP contribution in [-0.4, -0.2) is 35.7 Å². The number of hydrogen-bond acceptors (Lipinski definition) is 6. The summed E-state index contributed by atoms with van der Waals surface area (Å²) in [6.45, 7) is 2.89. The molecule has 0 radical (unpaired) electrons. The minimum Gasteiger partial charge on any atom is -0.481 e. The quantitative estimate of drug-likeness (QED) is 0.287. The van der Waals surface area contributed by atoms with Gasteiger partial charge in [0.15, 0.2) is 6.23 Å². The molecule has 6 N–H and O–H groups in total. The van der Waals surface area contributed by atoms with Crippen molar-refractivity contribution in [2.24, 2.45) is 11.5 Å². The second-order valence-electron chi connectivity index (χ2n) is 7.80. The van der Waals surface area contributed by atoms with Crippen LogP contribution in [0.25, 0.3) is 11.1 Å². The Balaban J connectivity index is 0.000000269. The van der Waals surface area contributed by atoms with Crippen LogP contribution in [0.4, 0.5) is 5.69 Å². The number of rotatable bonds is 8. The van der Waals surface area contributed by atoms with Crippen LogP contribution in [0, 0.1) is 0 Å². The molecule has 1 amide bonds. The van der Waals surface area contributed by atoms with E-state index in [0.717, 1.165) is 16.7 Å². The number of ether oxygens (including phenoxy) is 1. The van der Waals surface area contributed by atoms with Gasteiger partial charge in [0.1, 0.15) is 0 Å². The van der Waals surface area contributed by atoms with E-state index in [1.54, 1.807) is 13.0 Å². The average molecular weight is 478 g/mol. The van der Waals surface area contributed by atoms with Gasteiger partial charge in [-0.1, -0.05) is 78.9 Å². The molecule has 1 unspecified atom stereocenters. The number of carboxylic acids is 1. The van der Waals surface area contributed by atoms with Crippen molar-refractivity contribution in [1.82, 2.24) is 0 Å². The van der Waals surface area contributed by atoms with Gasteiger partial charge in [0, 0.05) is 18.9 Å². The zero-order valence-electron chi connectivity index (χ0n) is 19.8. The minimum absolute atomic E-state index is 0.136. The Morgan fingerprint density at radius 1 is 0.943 bits per heavy atom. The van der Waals surface area contributed by atoms with E-state index in [1.807, 2.05) is 72.8 Å². The molecule has 8 heteroatoms. The van der Waals surface area contributed by atoms with Gasteiger partial charge in [0.2, 0.25) is 5.91 Å². The number of hydrogen-bond donors (Lipinski definition) is 4. The van der Waals surface area contributed by atoms with Crippen molar-refractivity contribution in [1.29, 1.82) is 0 Å². The molecule has 0 aliphatic rings. The number of benzene rings is 3. The van der Waals surface area contributed by atoms with Crippen LogP contribution in [0.1, 0.15) is 30.9 Å². The predicted molar refractivity (Wildman–Crippen MR) is 136 cm³/mol. The lowest BCUT2D eigenvalue weighted by Gasteiger charge is -2.17. The van der Waals surface area contributed by atoms with Gasteiger partial charge >= 0.3 is 11.9 Å². The first-order valence-electron chi connectivity index (χ1n) is 11.1. The van der Waals surface area contributed by atoms with Crippen molar-refractivity contribution in [2.75, 3.05) is 11.9 Å². The van der Waals surface area contributed by atoms with Gasteiger partial charge in [-0.25, -0.2) is 0 Å². The molecular formula is C27H31N3O5. The number of carboxylic acid groups (broad SMARTS) is 1. The fourth-order valence-electron chi connectivity index (χ4n) is 3.34. The van der Waals surface area contributed by atoms with E-state index in [0.29, 0.717) is 17.7 Å². The largest absolute Gasteiger partial charge is 0.481 e. The van der Waals surface area contributed by atoms with Gasteiger partial charge in [-0.15, -0.1) is 0 Å². The van der Waals surface area contributed by atoms with Gasteiger partial charge in [0.05, 0.1) is 18.2 Å². The summed E-state index contributed by atoms with van der Waals surface area (Å²) in [6, 6.07) is 24.6. The zero-order valence-corrected chi connectivity index (χ0v) is 19.8. The molecule has 0 aliphatic heterocycles. The van der Waals surface area contributed by atoms with Gasteiger partial charge in [-0.05, 0) is 23.6 Å². The number of para-hydroxylation sites is 1. The Morgan fingerprint density at radius 2 is 1.54 bits per heavy atom. The Bertz CT molecular complexity index is 1120. The van der Waals surface area contributed by atoms with E-state index >= 15 is 0 Å². The smallest absolute Gasteiger partial charge is 0.321 e. The molecule has 8 nitrogen and oxygen atoms in total. The van der Waals surface area contributed by atoms with Crippen LogP contribution in [0.2, 0.25) is 0 Å². The van der Waals surface area contributed by atoms with Crippen LogP contribution in [0.5, 0.6) is 0 Å². The van der Waals surface area contributed by atoms with Gasteiger partial charge in [0.25, 0.3) is 0 Å². The third kappa shape index (κ3) is 8.69. The highest BCUT2D eigenvalue weighted by atomic mass is 16.6. The molecule has 0 spiro atoms. The molecule has 35 heavy (non-hydrogen) atoms. The van der Waals surface area contributed by atoms with Crippen molar-refractivity contribution in [3.05, 3.63) is 90.0 Å². The molecule has 0 bridgehead atoms. The molecular weight excluding hydrogens is 446 g/mol. The number of anilines is 1. The van der Waals surface area contributed by atoms with Crippen molar-refractivity contribution in [3.63, 3.8) is 0 Å². The summed E-state index contributed by atoms with van der Waals surface area (Å²) in [4.78, 5) is 33.5. The molecule has 0 saturated heterocycles. The molecule has 0 heterocycles. The van der Waals surface area contributed by atoms with Gasteiger partial charge in [-0.2, -0.15) is 0 Å². The van der Waals surface area contributed by atoms with Crippen LogP contribution >= 0.6 is 0 Å². The molecule has 0 aliphatic carbocycles. The highest BCUT2D eigenvalue weighted by Gasteiger charge is 2.20. The molecule has 184 valence electrons. The first-order valence-corrected chi connectivity index (χ1v) is 11.1. The van der Waals surface area contributed by atoms with Crippen LogP contribution in [0.15, 0.2) is 78.9 Å². The second-order valence-corrected chi connectivity index (χ2v) is 7.80. The SMILES string of the molecule is CC(=O)Nc1c(-c2ccccc2)cccc1C(C)C(=O)O.NCC(=O)O[C@H](N)Cc1ccccc1. The monoisotopic (exact) mass is 477 g/mol. The Morgan fingerprint density at radius 3 is 2.09 bits per heavy atom. The fraction of sp³-hybridized carbons (Fsp3) is 0.222. The van der Waals surface area contributed by atoms with E-state index in [2.05, 4.69) is 5.32 Å². The summed E-state index contributed by atoms with van der Waals surface area (Å²) in [5.74, 6) is -2.33. The van der Waals surface area contributed by atoms with Crippen molar-refractivity contribution in [3.8, 4) is 11.1 Å². The summed E-state index contributed by atoms with van der Waals surface area (Å²) < 4.78 is 4.82. The first kappa shape index (κ1) is 27.2. The number of carbonyl (C=O) groups is 3. The molecule has 0 fully saturated rings. The third-order valence-electron chi connectivity index (χ3n) is 5.05. The number of esters is 1. The molecule has 3 aromatic rings. The molecule has 3 aromatic carbocycles. The standard InChI is InChI=1S/C17H17NO3.C10H14N2O2/c1-11(17(20)21)14-9-6-10-15(16(14)18-12(2)19)13-7-4-3-5-8-13;11-7-10(13)14-9(12)6-8-4-2-1-3-5-8/h3-11H,1-2H3,(H,18,19)(H,20,21);1-5,9H,6-7,11-12H2/t;9-/m.0/s1. The lowest BCUT2D eigenvalue weighted by molar-refractivity contribution is -0.147. The number of aliphatic carboxylic acids is 1. The molecule has 0 saturated carbocycles. The Kier molecular flexibility index (Phi) is 10.6. The third-order valence-corrected chi connectivity index (χ3v) is 5.05. The summed E-state index contributed by atoms with van der Waals surface area (Å²) >= 11 is 0. The predicted octanol–water partition coefficient (Wildman–Crippen LogP) is 3.52. The summed E-state index contributed by atoms with van der Waals surface area (Å²) in [6.07, 6.45) is -0.111. The lowest BCUT2D eigenvalue weighted by atomic mass is 9.93. The summed E-state index contributed by atoms with van der Waals surface area (Å²) in [5.41, 5.74) is 14.6. The molecule has 2 atom stereocenters. The lowest BCUT2D eigenvalue weighted by Crippen LogP contribution is -2.32.